The van der Waals surface area contributed by atoms with Gasteiger partial charge >= 0.3 is 0 Å². The lowest BCUT2D eigenvalue weighted by Gasteiger charge is -2.10. The highest BCUT2D eigenvalue weighted by Crippen LogP contribution is 2.25. The van der Waals surface area contributed by atoms with Crippen LogP contribution in [0, 0.1) is 0 Å². The van der Waals surface area contributed by atoms with Crippen LogP contribution in [-0.4, -0.2) is 11.9 Å². The number of nitrogens with one attached hydrogen (secondary N) is 2. The summed E-state index contributed by atoms with van der Waals surface area (Å²) >= 11 is 1.58. The van der Waals surface area contributed by atoms with Crippen molar-refractivity contribution in [2.24, 2.45) is 0 Å². The Labute approximate surface area is 103 Å². The summed E-state index contributed by atoms with van der Waals surface area (Å²) in [5, 5.41) is 10.0. The fraction of sp³-hybridized carbons (Fsp3) is 0.154. The fourth-order valence-corrected chi connectivity index (χ4v) is 2.61. The number of rotatable bonds is 2. The molecule has 0 fully saturated rings. The molecule has 3 nitrogen and oxygen atoms in total. The summed E-state index contributed by atoms with van der Waals surface area (Å²) in [6.45, 7) is 0. The number of hydrogen-bond donors (Lipinski definition) is 2. The van der Waals surface area contributed by atoms with E-state index in [1.54, 1.807) is 11.3 Å². The van der Waals surface area contributed by atoms with Gasteiger partial charge in [0.2, 0.25) is 5.91 Å². The normalized spacial score (nSPS) is 17.3. The molecule has 3 rings (SSSR count). The van der Waals surface area contributed by atoms with E-state index < -0.39 is 0 Å². The van der Waals surface area contributed by atoms with Crippen molar-refractivity contribution in [3.63, 3.8) is 0 Å². The molecule has 1 aliphatic rings. The minimum Gasteiger partial charge on any atom is -0.373 e. The molecule has 1 aliphatic heterocycles. The van der Waals surface area contributed by atoms with Gasteiger partial charge in [-0.15, -0.1) is 0 Å². The molecule has 0 spiro atoms. The Bertz CT molecular complexity index is 511. The molecule has 2 aromatic rings. The van der Waals surface area contributed by atoms with Crippen LogP contribution >= 0.6 is 11.3 Å². The molecule has 0 saturated carbocycles. The largest absolute Gasteiger partial charge is 0.373 e. The molecular formula is C13H12N2OS. The molecule has 2 heterocycles. The van der Waals surface area contributed by atoms with Crippen LogP contribution in [0.1, 0.15) is 5.56 Å². The molecule has 2 N–H and O–H groups in total. The van der Waals surface area contributed by atoms with Crippen LogP contribution < -0.4 is 10.6 Å². The number of carbonyl (C=O) groups is 1. The number of fused-ring (bicyclic) bond motifs is 1. The van der Waals surface area contributed by atoms with E-state index in [0.717, 1.165) is 17.8 Å². The Morgan fingerprint density at radius 3 is 3.00 bits per heavy atom. The van der Waals surface area contributed by atoms with Crippen LogP contribution in [0.25, 0.3) is 0 Å². The zero-order valence-electron chi connectivity index (χ0n) is 9.14. The quantitative estimate of drug-likeness (QED) is 0.852. The van der Waals surface area contributed by atoms with Gasteiger partial charge in [0.15, 0.2) is 0 Å². The van der Waals surface area contributed by atoms with Gasteiger partial charge < -0.3 is 10.6 Å². The lowest BCUT2D eigenvalue weighted by atomic mass is 10.1. The molecule has 0 aliphatic carbocycles. The first-order valence-electron chi connectivity index (χ1n) is 5.50. The predicted molar refractivity (Wildman–Crippen MR) is 70.5 cm³/mol. The zero-order valence-corrected chi connectivity index (χ0v) is 9.96. The van der Waals surface area contributed by atoms with Crippen molar-refractivity contribution in [3.05, 3.63) is 46.7 Å². The number of para-hydroxylation sites is 1. The first-order valence-corrected chi connectivity index (χ1v) is 6.45. The van der Waals surface area contributed by atoms with Gasteiger partial charge in [0.1, 0.15) is 6.04 Å². The molecular weight excluding hydrogens is 232 g/mol. The maximum atomic E-state index is 12.0. The van der Waals surface area contributed by atoms with Crippen LogP contribution in [0.3, 0.4) is 0 Å². The molecule has 17 heavy (non-hydrogen) atoms. The molecule has 0 bridgehead atoms. The van der Waals surface area contributed by atoms with Crippen LogP contribution in [0.4, 0.5) is 11.4 Å². The molecule has 4 heteroatoms. The SMILES string of the molecule is O=C(Nc1ccsc1)[C@@H]1Cc2ccccc2N1. The van der Waals surface area contributed by atoms with Gasteiger partial charge in [-0.25, -0.2) is 0 Å². The molecule has 0 unspecified atom stereocenters. The molecule has 1 atom stereocenters. The van der Waals surface area contributed by atoms with Crippen molar-refractivity contribution < 1.29 is 4.79 Å². The summed E-state index contributed by atoms with van der Waals surface area (Å²) in [6, 6.07) is 9.79. The second-order valence-corrected chi connectivity index (χ2v) is 4.84. The standard InChI is InChI=1S/C13H12N2OS/c16-13(14-10-5-6-17-8-10)12-7-9-3-1-2-4-11(9)15-12/h1-6,8,12,15H,7H2,(H,14,16)/t12-/m0/s1. The minimum atomic E-state index is -0.160. The van der Waals surface area contributed by atoms with Crippen molar-refractivity contribution in [1.29, 1.82) is 0 Å². The van der Waals surface area contributed by atoms with E-state index in [4.69, 9.17) is 0 Å². The van der Waals surface area contributed by atoms with Gasteiger partial charge in [-0.1, -0.05) is 18.2 Å². The minimum absolute atomic E-state index is 0.0274. The predicted octanol–water partition coefficient (Wildman–Crippen LogP) is 2.72. The molecule has 86 valence electrons. The number of amides is 1. The smallest absolute Gasteiger partial charge is 0.247 e. The van der Waals surface area contributed by atoms with Gasteiger partial charge in [-0.05, 0) is 23.1 Å². The van der Waals surface area contributed by atoms with Crippen LogP contribution in [0.15, 0.2) is 41.1 Å². The van der Waals surface area contributed by atoms with E-state index >= 15 is 0 Å². The third-order valence-electron chi connectivity index (χ3n) is 2.88. The number of benzene rings is 1. The Morgan fingerprint density at radius 2 is 2.24 bits per heavy atom. The average molecular weight is 244 g/mol. The second-order valence-electron chi connectivity index (χ2n) is 4.06. The first-order chi connectivity index (χ1) is 8.33. The van der Waals surface area contributed by atoms with Gasteiger partial charge in [0, 0.05) is 17.5 Å². The summed E-state index contributed by atoms with van der Waals surface area (Å²) in [4.78, 5) is 12.0. The number of anilines is 2. The third-order valence-corrected chi connectivity index (χ3v) is 3.56. The van der Waals surface area contributed by atoms with E-state index in [-0.39, 0.29) is 11.9 Å². The van der Waals surface area contributed by atoms with Crippen molar-refractivity contribution in [1.82, 2.24) is 0 Å². The van der Waals surface area contributed by atoms with E-state index in [9.17, 15) is 4.79 Å². The lowest BCUT2D eigenvalue weighted by Crippen LogP contribution is -2.32. The third kappa shape index (κ3) is 2.03. The number of carbonyl (C=O) groups excluding carboxylic acids is 1. The molecule has 0 radical (unpaired) electrons. The molecule has 0 saturated heterocycles. The zero-order chi connectivity index (χ0) is 11.7. The maximum Gasteiger partial charge on any atom is 0.247 e. The van der Waals surface area contributed by atoms with Crippen LogP contribution in [0.2, 0.25) is 0 Å². The molecule has 1 aromatic heterocycles. The number of thiophene rings is 1. The number of hydrogen-bond acceptors (Lipinski definition) is 3. The maximum absolute atomic E-state index is 12.0. The van der Waals surface area contributed by atoms with Gasteiger partial charge in [0.05, 0.1) is 5.69 Å². The molecule has 1 aromatic carbocycles. The van der Waals surface area contributed by atoms with Gasteiger partial charge in [-0.2, -0.15) is 11.3 Å². The van der Waals surface area contributed by atoms with Crippen molar-refractivity contribution in [2.75, 3.05) is 10.6 Å². The molecule has 1 amide bonds. The summed E-state index contributed by atoms with van der Waals surface area (Å²) in [6.07, 6.45) is 0.756. The van der Waals surface area contributed by atoms with E-state index in [1.165, 1.54) is 5.56 Å². The van der Waals surface area contributed by atoms with Crippen molar-refractivity contribution in [3.8, 4) is 0 Å². The highest BCUT2D eigenvalue weighted by molar-refractivity contribution is 7.08. The monoisotopic (exact) mass is 244 g/mol. The van der Waals surface area contributed by atoms with E-state index in [2.05, 4.69) is 16.7 Å². The van der Waals surface area contributed by atoms with Crippen molar-refractivity contribution >= 4 is 28.6 Å². The average Bonchev–Trinajstić information content (AvgIpc) is 2.96. The lowest BCUT2D eigenvalue weighted by molar-refractivity contribution is -0.116. The van der Waals surface area contributed by atoms with E-state index in [0.29, 0.717) is 0 Å². The fourth-order valence-electron chi connectivity index (χ4n) is 2.02. The Balaban J connectivity index is 1.70. The summed E-state index contributed by atoms with van der Waals surface area (Å²) in [5.41, 5.74) is 3.15. The van der Waals surface area contributed by atoms with Crippen LogP contribution in [-0.2, 0) is 11.2 Å². The van der Waals surface area contributed by atoms with E-state index in [1.807, 2.05) is 35.0 Å². The van der Waals surface area contributed by atoms with Gasteiger partial charge in [0.25, 0.3) is 0 Å². The highest BCUT2D eigenvalue weighted by atomic mass is 32.1. The Kier molecular flexibility index (Phi) is 2.57. The second kappa shape index (κ2) is 4.22. The summed E-state index contributed by atoms with van der Waals surface area (Å²) in [5.74, 6) is 0.0274. The van der Waals surface area contributed by atoms with Crippen LogP contribution in [0.5, 0.6) is 0 Å². The Hall–Kier alpha value is -1.81. The summed E-state index contributed by atoms with van der Waals surface area (Å²) < 4.78 is 0. The van der Waals surface area contributed by atoms with Gasteiger partial charge in [-0.3, -0.25) is 4.79 Å². The Morgan fingerprint density at radius 1 is 1.35 bits per heavy atom. The first kappa shape index (κ1) is 10.4. The summed E-state index contributed by atoms with van der Waals surface area (Å²) in [7, 11) is 0. The topological polar surface area (TPSA) is 41.1 Å². The van der Waals surface area contributed by atoms with Crippen molar-refractivity contribution in [2.45, 2.75) is 12.5 Å². The highest BCUT2D eigenvalue weighted by Gasteiger charge is 2.26.